The van der Waals surface area contributed by atoms with E-state index in [2.05, 4.69) is 5.32 Å². The van der Waals surface area contributed by atoms with Gasteiger partial charge in [-0.15, -0.1) is 0 Å². The van der Waals surface area contributed by atoms with Crippen LogP contribution >= 0.6 is 23.2 Å². The highest BCUT2D eigenvalue weighted by atomic mass is 35.5. The fourth-order valence-electron chi connectivity index (χ4n) is 1.63. The van der Waals surface area contributed by atoms with Crippen molar-refractivity contribution in [3.05, 3.63) is 52.0 Å². The molecule has 19 heavy (non-hydrogen) atoms. The van der Waals surface area contributed by atoms with Crippen molar-refractivity contribution >= 4 is 28.9 Å². The van der Waals surface area contributed by atoms with Crippen LogP contribution in [0.2, 0.25) is 10.0 Å². The predicted octanol–water partition coefficient (Wildman–Crippen LogP) is 4.32. The second-order valence-electron chi connectivity index (χ2n) is 3.99. The van der Waals surface area contributed by atoms with Crippen LogP contribution in [0.1, 0.15) is 5.56 Å². The van der Waals surface area contributed by atoms with Crippen LogP contribution in [-0.2, 0) is 6.54 Å². The largest absolute Gasteiger partial charge is 0.506 e. The lowest BCUT2D eigenvalue weighted by atomic mass is 10.2. The number of benzene rings is 2. The second kappa shape index (κ2) is 6.04. The van der Waals surface area contributed by atoms with Crippen molar-refractivity contribution in [1.29, 1.82) is 0 Å². The Morgan fingerprint density at radius 2 is 1.89 bits per heavy atom. The number of phenolic OH excluding ortho intramolecular Hbond substituents is 1. The van der Waals surface area contributed by atoms with Gasteiger partial charge in [-0.1, -0.05) is 29.3 Å². The van der Waals surface area contributed by atoms with E-state index in [9.17, 15) is 5.11 Å². The second-order valence-corrected chi connectivity index (χ2v) is 4.80. The summed E-state index contributed by atoms with van der Waals surface area (Å²) in [5.74, 6) is 0.703. The molecule has 3 nitrogen and oxygen atoms in total. The Balaban J connectivity index is 2.07. The van der Waals surface area contributed by atoms with E-state index < -0.39 is 0 Å². The Labute approximate surface area is 121 Å². The van der Waals surface area contributed by atoms with Crippen LogP contribution < -0.4 is 10.1 Å². The number of hydrogen-bond acceptors (Lipinski definition) is 3. The minimum atomic E-state index is 0.0820. The summed E-state index contributed by atoms with van der Waals surface area (Å²) in [4.78, 5) is 0. The Morgan fingerprint density at radius 3 is 2.58 bits per heavy atom. The number of hydrogen-bond donors (Lipinski definition) is 2. The van der Waals surface area contributed by atoms with Gasteiger partial charge in [-0.2, -0.15) is 0 Å². The van der Waals surface area contributed by atoms with Gasteiger partial charge >= 0.3 is 0 Å². The fraction of sp³-hybridized carbons (Fsp3) is 0.143. The van der Waals surface area contributed by atoms with Crippen LogP contribution in [0, 0.1) is 0 Å². The van der Waals surface area contributed by atoms with Crippen molar-refractivity contribution in [1.82, 2.24) is 0 Å². The number of nitrogens with one attached hydrogen (secondary N) is 1. The molecule has 0 aliphatic rings. The molecule has 2 aromatic rings. The maximum atomic E-state index is 9.34. The van der Waals surface area contributed by atoms with Gasteiger partial charge in [0, 0.05) is 18.3 Å². The normalized spacial score (nSPS) is 10.3. The van der Waals surface area contributed by atoms with Gasteiger partial charge in [-0.25, -0.2) is 0 Å². The molecule has 2 N–H and O–H groups in total. The third-order valence-electron chi connectivity index (χ3n) is 2.66. The summed E-state index contributed by atoms with van der Waals surface area (Å²) < 4.78 is 5.15. The van der Waals surface area contributed by atoms with E-state index in [1.54, 1.807) is 31.4 Å². The zero-order chi connectivity index (χ0) is 13.8. The third-order valence-corrected chi connectivity index (χ3v) is 3.27. The SMILES string of the molecule is COc1cc(NCc2ccc(O)c(Cl)c2)ccc1Cl. The molecular formula is C14H13Cl2NO2. The number of phenols is 1. The van der Waals surface area contributed by atoms with Gasteiger partial charge < -0.3 is 15.2 Å². The van der Waals surface area contributed by atoms with E-state index in [0.717, 1.165) is 11.3 Å². The molecule has 2 aromatic carbocycles. The van der Waals surface area contributed by atoms with Crippen molar-refractivity contribution in [2.75, 3.05) is 12.4 Å². The topological polar surface area (TPSA) is 41.5 Å². The molecule has 0 amide bonds. The maximum Gasteiger partial charge on any atom is 0.139 e. The predicted molar refractivity (Wildman–Crippen MR) is 78.4 cm³/mol. The lowest BCUT2D eigenvalue weighted by molar-refractivity contribution is 0.415. The molecular weight excluding hydrogens is 285 g/mol. The number of halogens is 2. The summed E-state index contributed by atoms with van der Waals surface area (Å²) in [7, 11) is 1.57. The Hall–Kier alpha value is -1.58. The number of anilines is 1. The Kier molecular flexibility index (Phi) is 4.40. The average molecular weight is 298 g/mol. The van der Waals surface area contributed by atoms with E-state index in [4.69, 9.17) is 27.9 Å². The minimum absolute atomic E-state index is 0.0820. The van der Waals surface area contributed by atoms with Crippen LogP contribution in [-0.4, -0.2) is 12.2 Å². The summed E-state index contributed by atoms with van der Waals surface area (Å²) in [6.45, 7) is 0.588. The van der Waals surface area contributed by atoms with Gasteiger partial charge in [-0.05, 0) is 29.8 Å². The molecule has 0 aliphatic heterocycles. The van der Waals surface area contributed by atoms with Gasteiger partial charge in [0.15, 0.2) is 0 Å². The van der Waals surface area contributed by atoms with Crippen molar-refractivity contribution in [2.45, 2.75) is 6.54 Å². The van der Waals surface area contributed by atoms with Crippen LogP contribution in [0.5, 0.6) is 11.5 Å². The van der Waals surface area contributed by atoms with Crippen molar-refractivity contribution < 1.29 is 9.84 Å². The van der Waals surface area contributed by atoms with Crippen molar-refractivity contribution in [2.24, 2.45) is 0 Å². The molecule has 0 aliphatic carbocycles. The van der Waals surface area contributed by atoms with Gasteiger partial charge in [0.25, 0.3) is 0 Å². The van der Waals surface area contributed by atoms with E-state index in [-0.39, 0.29) is 5.75 Å². The standard InChI is InChI=1S/C14H13Cl2NO2/c1-19-14-7-10(3-4-11(14)15)17-8-9-2-5-13(18)12(16)6-9/h2-7,17-18H,8H2,1H3. The Morgan fingerprint density at radius 1 is 1.11 bits per heavy atom. The van der Waals surface area contributed by atoms with Crippen molar-refractivity contribution in [3.8, 4) is 11.5 Å². The van der Waals surface area contributed by atoms with Crippen LogP contribution in [0.15, 0.2) is 36.4 Å². The summed E-state index contributed by atoms with van der Waals surface area (Å²) in [5.41, 5.74) is 1.86. The molecule has 0 radical (unpaired) electrons. The summed E-state index contributed by atoms with van der Waals surface area (Å²) >= 11 is 11.8. The maximum absolute atomic E-state index is 9.34. The minimum Gasteiger partial charge on any atom is -0.506 e. The average Bonchev–Trinajstić information content (AvgIpc) is 2.41. The number of ether oxygens (including phenoxy) is 1. The first kappa shape index (κ1) is 13.8. The first-order chi connectivity index (χ1) is 9.10. The molecule has 100 valence electrons. The molecule has 0 unspecified atom stereocenters. The molecule has 0 saturated heterocycles. The highest BCUT2D eigenvalue weighted by molar-refractivity contribution is 6.32. The number of methoxy groups -OCH3 is 1. The quantitative estimate of drug-likeness (QED) is 0.883. The van der Waals surface area contributed by atoms with E-state index >= 15 is 0 Å². The van der Waals surface area contributed by atoms with Crippen molar-refractivity contribution in [3.63, 3.8) is 0 Å². The molecule has 0 bridgehead atoms. The molecule has 0 spiro atoms. The van der Waals surface area contributed by atoms with Gasteiger partial charge in [0.05, 0.1) is 17.2 Å². The monoisotopic (exact) mass is 297 g/mol. The molecule has 0 heterocycles. The van der Waals surface area contributed by atoms with Gasteiger partial charge in [0.1, 0.15) is 11.5 Å². The van der Waals surface area contributed by atoms with E-state index in [1.165, 1.54) is 0 Å². The zero-order valence-corrected chi connectivity index (χ0v) is 11.8. The lowest BCUT2D eigenvalue weighted by Gasteiger charge is -2.10. The number of aromatic hydroxyl groups is 1. The smallest absolute Gasteiger partial charge is 0.139 e. The van der Waals surface area contributed by atoms with E-state index in [1.807, 2.05) is 12.1 Å². The van der Waals surface area contributed by atoms with Gasteiger partial charge in [-0.3, -0.25) is 0 Å². The molecule has 0 saturated carbocycles. The molecule has 2 rings (SSSR count). The number of rotatable bonds is 4. The molecule has 0 aromatic heterocycles. The highest BCUT2D eigenvalue weighted by Crippen LogP contribution is 2.28. The fourth-order valence-corrected chi connectivity index (χ4v) is 2.03. The molecule has 0 atom stereocenters. The summed E-state index contributed by atoms with van der Waals surface area (Å²) in [5, 5.41) is 13.5. The van der Waals surface area contributed by atoms with Gasteiger partial charge in [0.2, 0.25) is 0 Å². The summed E-state index contributed by atoms with van der Waals surface area (Å²) in [6.07, 6.45) is 0. The van der Waals surface area contributed by atoms with E-state index in [0.29, 0.717) is 22.3 Å². The van der Waals surface area contributed by atoms with Crippen LogP contribution in [0.4, 0.5) is 5.69 Å². The summed E-state index contributed by atoms with van der Waals surface area (Å²) in [6, 6.07) is 10.6. The first-order valence-electron chi connectivity index (χ1n) is 5.65. The van der Waals surface area contributed by atoms with Crippen LogP contribution in [0.3, 0.4) is 0 Å². The Bertz CT molecular complexity index is 588. The third kappa shape index (κ3) is 3.46. The molecule has 0 fully saturated rings. The highest BCUT2D eigenvalue weighted by Gasteiger charge is 2.03. The zero-order valence-electron chi connectivity index (χ0n) is 10.3. The molecule has 5 heteroatoms. The first-order valence-corrected chi connectivity index (χ1v) is 6.40. The van der Waals surface area contributed by atoms with Crippen LogP contribution in [0.25, 0.3) is 0 Å². The lowest BCUT2D eigenvalue weighted by Crippen LogP contribution is -1.99.